The average Bonchev–Trinajstić information content (AvgIpc) is 3.13. The number of rotatable bonds is 5. The lowest BCUT2D eigenvalue weighted by Crippen LogP contribution is -2.25. The molecular formula is C14H16ClNO2. The normalized spacial score (nSPS) is 15.0. The number of anilines is 1. The largest absolute Gasteiger partial charge is 0.478 e. The highest BCUT2D eigenvalue weighted by Gasteiger charge is 2.29. The molecule has 3 nitrogen and oxygen atoms in total. The first-order valence-corrected chi connectivity index (χ1v) is 6.47. The second-order valence-corrected chi connectivity index (χ2v) is 4.83. The first-order chi connectivity index (χ1) is 8.61. The first kappa shape index (κ1) is 13.0. The minimum Gasteiger partial charge on any atom is -0.478 e. The highest BCUT2D eigenvalue weighted by Crippen LogP contribution is 2.35. The van der Waals surface area contributed by atoms with E-state index in [0.29, 0.717) is 11.1 Å². The summed E-state index contributed by atoms with van der Waals surface area (Å²) >= 11 is 6.04. The number of benzene rings is 1. The Labute approximate surface area is 112 Å². The van der Waals surface area contributed by atoms with Crippen molar-refractivity contribution in [3.63, 3.8) is 0 Å². The van der Waals surface area contributed by atoms with Crippen LogP contribution in [0.3, 0.4) is 0 Å². The summed E-state index contributed by atoms with van der Waals surface area (Å²) in [5.41, 5.74) is 1.92. The van der Waals surface area contributed by atoms with Crippen molar-refractivity contribution in [2.45, 2.75) is 25.8 Å². The summed E-state index contributed by atoms with van der Waals surface area (Å²) in [7, 11) is 0. The maximum atomic E-state index is 10.6. The number of carboxylic acids is 1. The van der Waals surface area contributed by atoms with Crippen LogP contribution in [0.4, 0.5) is 5.69 Å². The molecule has 1 saturated carbocycles. The molecule has 1 fully saturated rings. The highest BCUT2D eigenvalue weighted by atomic mass is 35.5. The van der Waals surface area contributed by atoms with Crippen molar-refractivity contribution in [3.05, 3.63) is 34.9 Å². The van der Waals surface area contributed by atoms with E-state index in [1.54, 1.807) is 12.1 Å². The Morgan fingerprint density at radius 1 is 1.56 bits per heavy atom. The van der Waals surface area contributed by atoms with Crippen LogP contribution in [0.2, 0.25) is 5.02 Å². The summed E-state index contributed by atoms with van der Waals surface area (Å²) in [6, 6.07) is 6.13. The van der Waals surface area contributed by atoms with Crippen molar-refractivity contribution < 1.29 is 9.90 Å². The maximum Gasteiger partial charge on any atom is 0.328 e. The van der Waals surface area contributed by atoms with Gasteiger partial charge in [0, 0.05) is 29.4 Å². The van der Waals surface area contributed by atoms with E-state index in [9.17, 15) is 4.79 Å². The van der Waals surface area contributed by atoms with Crippen LogP contribution in [0.25, 0.3) is 6.08 Å². The number of hydrogen-bond donors (Lipinski definition) is 1. The molecule has 4 heteroatoms. The van der Waals surface area contributed by atoms with Crippen LogP contribution < -0.4 is 4.90 Å². The summed E-state index contributed by atoms with van der Waals surface area (Å²) in [6.45, 7) is 3.00. The monoisotopic (exact) mass is 265 g/mol. The second-order valence-electron chi connectivity index (χ2n) is 4.39. The van der Waals surface area contributed by atoms with Gasteiger partial charge in [-0.2, -0.15) is 0 Å². The molecule has 1 aliphatic rings. The molecular weight excluding hydrogens is 250 g/mol. The molecule has 1 aliphatic carbocycles. The van der Waals surface area contributed by atoms with E-state index in [0.717, 1.165) is 23.9 Å². The van der Waals surface area contributed by atoms with Crippen LogP contribution in [0.5, 0.6) is 0 Å². The molecule has 0 aromatic heterocycles. The standard InChI is InChI=1S/C14H16ClNO2/c1-2-16(12-6-7-12)13-9-11(15)5-3-10(13)4-8-14(17)18/h3-5,8-9,12H,2,6-7H2,1H3,(H,17,18)/b8-4+. The van der Waals surface area contributed by atoms with Gasteiger partial charge in [-0.3, -0.25) is 0 Å². The van der Waals surface area contributed by atoms with Crippen molar-refractivity contribution in [3.8, 4) is 0 Å². The van der Waals surface area contributed by atoms with Gasteiger partial charge in [0.1, 0.15) is 0 Å². The Balaban J connectivity index is 2.35. The topological polar surface area (TPSA) is 40.5 Å². The van der Waals surface area contributed by atoms with Crippen LogP contribution >= 0.6 is 11.6 Å². The highest BCUT2D eigenvalue weighted by molar-refractivity contribution is 6.31. The van der Waals surface area contributed by atoms with Crippen molar-refractivity contribution in [2.24, 2.45) is 0 Å². The van der Waals surface area contributed by atoms with Crippen LogP contribution in [-0.2, 0) is 4.79 Å². The van der Waals surface area contributed by atoms with Gasteiger partial charge in [0.25, 0.3) is 0 Å². The predicted molar refractivity (Wildman–Crippen MR) is 74.2 cm³/mol. The summed E-state index contributed by atoms with van der Waals surface area (Å²) in [6.07, 6.45) is 5.18. The fourth-order valence-corrected chi connectivity index (χ4v) is 2.25. The minimum absolute atomic E-state index is 0.574. The molecule has 0 amide bonds. The summed E-state index contributed by atoms with van der Waals surface area (Å²) < 4.78 is 0. The van der Waals surface area contributed by atoms with Crippen molar-refractivity contribution in [2.75, 3.05) is 11.4 Å². The van der Waals surface area contributed by atoms with Crippen LogP contribution in [-0.4, -0.2) is 23.7 Å². The summed E-state index contributed by atoms with van der Waals surface area (Å²) in [4.78, 5) is 12.9. The third kappa shape index (κ3) is 3.05. The molecule has 96 valence electrons. The van der Waals surface area contributed by atoms with E-state index < -0.39 is 5.97 Å². The number of carboxylic acid groups (broad SMARTS) is 1. The van der Waals surface area contributed by atoms with Gasteiger partial charge in [-0.1, -0.05) is 17.7 Å². The van der Waals surface area contributed by atoms with E-state index in [1.807, 2.05) is 12.1 Å². The van der Waals surface area contributed by atoms with Crippen LogP contribution in [0.15, 0.2) is 24.3 Å². The van der Waals surface area contributed by atoms with Gasteiger partial charge in [0.2, 0.25) is 0 Å². The fourth-order valence-electron chi connectivity index (χ4n) is 2.08. The number of halogens is 1. The number of aliphatic carboxylic acids is 1. The van der Waals surface area contributed by atoms with Crippen LogP contribution in [0, 0.1) is 0 Å². The fraction of sp³-hybridized carbons (Fsp3) is 0.357. The van der Waals surface area contributed by atoms with Crippen molar-refractivity contribution in [1.82, 2.24) is 0 Å². The molecule has 0 aliphatic heterocycles. The SMILES string of the molecule is CCN(c1cc(Cl)ccc1/C=C/C(=O)O)C1CC1. The molecule has 0 saturated heterocycles. The summed E-state index contributed by atoms with van der Waals surface area (Å²) in [5, 5.41) is 9.39. The number of nitrogens with zero attached hydrogens (tertiary/aromatic N) is 1. The molecule has 1 aromatic carbocycles. The Bertz CT molecular complexity index is 481. The van der Waals surface area contributed by atoms with Gasteiger partial charge in [0.15, 0.2) is 0 Å². The lowest BCUT2D eigenvalue weighted by molar-refractivity contribution is -0.131. The minimum atomic E-state index is -0.939. The first-order valence-electron chi connectivity index (χ1n) is 6.09. The van der Waals surface area contributed by atoms with E-state index in [4.69, 9.17) is 16.7 Å². The Morgan fingerprint density at radius 2 is 2.28 bits per heavy atom. The Hall–Kier alpha value is -1.48. The molecule has 0 spiro atoms. The third-order valence-electron chi connectivity index (χ3n) is 3.04. The van der Waals surface area contributed by atoms with Gasteiger partial charge in [-0.05, 0) is 43.5 Å². The molecule has 0 bridgehead atoms. The van der Waals surface area contributed by atoms with E-state index in [1.165, 1.54) is 12.8 Å². The van der Waals surface area contributed by atoms with Crippen molar-refractivity contribution >= 4 is 29.3 Å². The smallest absolute Gasteiger partial charge is 0.328 e. The molecule has 1 aromatic rings. The van der Waals surface area contributed by atoms with Crippen LogP contribution in [0.1, 0.15) is 25.3 Å². The molecule has 2 rings (SSSR count). The van der Waals surface area contributed by atoms with E-state index in [2.05, 4.69) is 11.8 Å². The van der Waals surface area contributed by atoms with E-state index in [-0.39, 0.29) is 0 Å². The Morgan fingerprint density at radius 3 is 2.83 bits per heavy atom. The Kier molecular flexibility index (Phi) is 3.92. The lowest BCUT2D eigenvalue weighted by Gasteiger charge is -2.25. The van der Waals surface area contributed by atoms with Gasteiger partial charge >= 0.3 is 5.97 Å². The van der Waals surface area contributed by atoms with Gasteiger partial charge in [-0.25, -0.2) is 4.79 Å². The average molecular weight is 266 g/mol. The molecule has 0 atom stereocenters. The molecule has 0 radical (unpaired) electrons. The summed E-state index contributed by atoms with van der Waals surface area (Å²) in [5.74, 6) is -0.939. The van der Waals surface area contributed by atoms with E-state index >= 15 is 0 Å². The zero-order valence-corrected chi connectivity index (χ0v) is 11.0. The molecule has 18 heavy (non-hydrogen) atoms. The van der Waals surface area contributed by atoms with Gasteiger partial charge < -0.3 is 10.0 Å². The molecule has 1 N–H and O–H groups in total. The quantitative estimate of drug-likeness (QED) is 0.830. The molecule has 0 heterocycles. The third-order valence-corrected chi connectivity index (χ3v) is 3.27. The predicted octanol–water partition coefficient (Wildman–Crippen LogP) is 3.43. The van der Waals surface area contributed by atoms with Crippen molar-refractivity contribution in [1.29, 1.82) is 0 Å². The number of carbonyl (C=O) groups is 1. The zero-order chi connectivity index (χ0) is 13.1. The second kappa shape index (κ2) is 5.44. The van der Waals surface area contributed by atoms with Gasteiger partial charge in [0.05, 0.1) is 0 Å². The number of hydrogen-bond acceptors (Lipinski definition) is 2. The lowest BCUT2D eigenvalue weighted by atomic mass is 10.1. The maximum absolute atomic E-state index is 10.6. The zero-order valence-electron chi connectivity index (χ0n) is 10.3. The van der Waals surface area contributed by atoms with Gasteiger partial charge in [-0.15, -0.1) is 0 Å². The molecule has 0 unspecified atom stereocenters.